The maximum Gasteiger partial charge on any atom is 0.270 e. The zero-order valence-electron chi connectivity index (χ0n) is 13.4. The fourth-order valence-corrected chi connectivity index (χ4v) is 1.96. The van der Waals surface area contributed by atoms with Crippen LogP contribution < -0.4 is 10.6 Å². The minimum Gasteiger partial charge on any atom is -0.349 e. The molecule has 1 aromatic carbocycles. The molecule has 0 fully saturated rings. The molecule has 5 nitrogen and oxygen atoms in total. The van der Waals surface area contributed by atoms with Crippen LogP contribution in [0.1, 0.15) is 49.7 Å². The number of hydrogen-bond acceptors (Lipinski definition) is 4. The average Bonchev–Trinajstić information content (AvgIpc) is 2.47. The van der Waals surface area contributed by atoms with Crippen molar-refractivity contribution in [3.8, 4) is 0 Å². The number of anilines is 2. The quantitative estimate of drug-likeness (QED) is 0.887. The third-order valence-electron chi connectivity index (χ3n) is 3.14. The second-order valence-electron chi connectivity index (χ2n) is 5.80. The lowest BCUT2D eigenvalue weighted by atomic mass is 10.0. The van der Waals surface area contributed by atoms with Gasteiger partial charge < -0.3 is 10.6 Å². The summed E-state index contributed by atoms with van der Waals surface area (Å²) in [5.41, 5.74) is 2.52. The number of hydrogen-bond donors (Lipinski definition) is 2. The van der Waals surface area contributed by atoms with Crippen molar-refractivity contribution in [3.63, 3.8) is 0 Å². The monoisotopic (exact) mass is 298 g/mol. The van der Waals surface area contributed by atoms with E-state index in [2.05, 4.69) is 46.6 Å². The Morgan fingerprint density at radius 2 is 1.73 bits per heavy atom. The molecular formula is C17H22N4O. The number of rotatable bonds is 5. The molecule has 0 aliphatic rings. The molecule has 2 N–H and O–H groups in total. The van der Waals surface area contributed by atoms with Crippen LogP contribution in [0, 0.1) is 0 Å². The van der Waals surface area contributed by atoms with Gasteiger partial charge in [0.05, 0.1) is 0 Å². The number of nitrogens with one attached hydrogen (secondary N) is 2. The molecule has 1 aromatic heterocycles. The molecule has 0 spiro atoms. The molecule has 22 heavy (non-hydrogen) atoms. The second kappa shape index (κ2) is 7.02. The summed E-state index contributed by atoms with van der Waals surface area (Å²) in [5.74, 6) is 0.706. The molecule has 0 atom stereocenters. The molecule has 2 rings (SSSR count). The molecule has 0 unspecified atom stereocenters. The van der Waals surface area contributed by atoms with Gasteiger partial charge in [0, 0.05) is 17.9 Å². The van der Waals surface area contributed by atoms with E-state index < -0.39 is 0 Å². The van der Waals surface area contributed by atoms with Crippen LogP contribution in [-0.2, 0) is 0 Å². The van der Waals surface area contributed by atoms with E-state index in [9.17, 15) is 4.79 Å². The highest BCUT2D eigenvalue weighted by molar-refractivity contribution is 5.92. The smallest absolute Gasteiger partial charge is 0.270 e. The fourth-order valence-electron chi connectivity index (χ4n) is 1.96. The van der Waals surface area contributed by atoms with Crippen molar-refractivity contribution in [1.29, 1.82) is 0 Å². The van der Waals surface area contributed by atoms with Gasteiger partial charge >= 0.3 is 0 Å². The van der Waals surface area contributed by atoms with E-state index in [4.69, 9.17) is 0 Å². The zero-order chi connectivity index (χ0) is 16.1. The van der Waals surface area contributed by atoms with Crippen molar-refractivity contribution in [2.45, 2.75) is 39.7 Å². The Balaban J connectivity index is 2.11. The van der Waals surface area contributed by atoms with Crippen LogP contribution in [0.4, 0.5) is 11.6 Å². The minimum absolute atomic E-state index is 0.0717. The fraction of sp³-hybridized carbons (Fsp3) is 0.353. The van der Waals surface area contributed by atoms with E-state index in [0.29, 0.717) is 17.6 Å². The van der Waals surface area contributed by atoms with Crippen LogP contribution in [-0.4, -0.2) is 21.9 Å². The highest BCUT2D eigenvalue weighted by Crippen LogP contribution is 2.19. The third kappa shape index (κ3) is 4.28. The van der Waals surface area contributed by atoms with Gasteiger partial charge in [0.25, 0.3) is 5.91 Å². The Morgan fingerprint density at radius 1 is 1.05 bits per heavy atom. The van der Waals surface area contributed by atoms with Gasteiger partial charge in [-0.25, -0.2) is 9.97 Å². The van der Waals surface area contributed by atoms with Crippen LogP contribution in [0.25, 0.3) is 0 Å². The molecular weight excluding hydrogens is 276 g/mol. The first-order chi connectivity index (χ1) is 10.5. The van der Waals surface area contributed by atoms with Gasteiger partial charge in [0.2, 0.25) is 5.95 Å². The summed E-state index contributed by atoms with van der Waals surface area (Å²) < 4.78 is 0. The molecule has 1 amide bonds. The first-order valence-electron chi connectivity index (χ1n) is 7.46. The van der Waals surface area contributed by atoms with Crippen molar-refractivity contribution in [2.24, 2.45) is 0 Å². The Hall–Kier alpha value is -2.43. The maximum absolute atomic E-state index is 12.0. The Bertz CT molecular complexity index is 635. The summed E-state index contributed by atoms with van der Waals surface area (Å²) in [4.78, 5) is 20.3. The molecule has 0 aliphatic heterocycles. The Kier molecular flexibility index (Phi) is 5.09. The standard InChI is InChI=1S/C17H22N4O/c1-11(2)13-5-7-14(8-6-13)20-17-18-10-9-15(21-17)16(22)19-12(3)4/h5-12H,1-4H3,(H,19,22)(H,18,20,21). The summed E-state index contributed by atoms with van der Waals surface area (Å²) in [7, 11) is 0. The summed E-state index contributed by atoms with van der Waals surface area (Å²) >= 11 is 0. The van der Waals surface area contributed by atoms with Crippen molar-refractivity contribution < 1.29 is 4.79 Å². The summed E-state index contributed by atoms with van der Waals surface area (Å²) in [6, 6.07) is 9.79. The van der Waals surface area contributed by atoms with Gasteiger partial charge in [-0.1, -0.05) is 26.0 Å². The van der Waals surface area contributed by atoms with E-state index in [1.165, 1.54) is 5.56 Å². The van der Waals surface area contributed by atoms with Gasteiger partial charge in [-0.2, -0.15) is 0 Å². The Labute approximate surface area is 131 Å². The van der Waals surface area contributed by atoms with Crippen LogP contribution in [0.15, 0.2) is 36.5 Å². The number of carbonyl (C=O) groups excluding carboxylic acids is 1. The van der Waals surface area contributed by atoms with E-state index in [0.717, 1.165) is 5.69 Å². The molecule has 116 valence electrons. The predicted octanol–water partition coefficient (Wildman–Crippen LogP) is 3.48. The lowest BCUT2D eigenvalue weighted by Crippen LogP contribution is -2.30. The predicted molar refractivity (Wildman–Crippen MR) is 88.4 cm³/mol. The molecule has 0 bridgehead atoms. The minimum atomic E-state index is -0.199. The number of carbonyl (C=O) groups is 1. The molecule has 0 aliphatic carbocycles. The van der Waals surface area contributed by atoms with Gasteiger partial charge in [-0.3, -0.25) is 4.79 Å². The van der Waals surface area contributed by atoms with Gasteiger partial charge in [0.15, 0.2) is 0 Å². The van der Waals surface area contributed by atoms with Crippen molar-refractivity contribution in [1.82, 2.24) is 15.3 Å². The number of benzene rings is 1. The van der Waals surface area contributed by atoms with E-state index in [-0.39, 0.29) is 11.9 Å². The molecule has 5 heteroatoms. The first-order valence-corrected chi connectivity index (χ1v) is 7.46. The van der Waals surface area contributed by atoms with E-state index >= 15 is 0 Å². The van der Waals surface area contributed by atoms with Crippen LogP contribution >= 0.6 is 0 Å². The molecule has 0 saturated heterocycles. The highest BCUT2D eigenvalue weighted by atomic mass is 16.1. The van der Waals surface area contributed by atoms with Crippen molar-refractivity contribution >= 4 is 17.5 Å². The van der Waals surface area contributed by atoms with Gasteiger partial charge in [-0.05, 0) is 43.5 Å². The average molecular weight is 298 g/mol. The normalized spacial score (nSPS) is 10.8. The highest BCUT2D eigenvalue weighted by Gasteiger charge is 2.10. The van der Waals surface area contributed by atoms with Gasteiger partial charge in [0.1, 0.15) is 5.69 Å². The lowest BCUT2D eigenvalue weighted by molar-refractivity contribution is 0.0938. The van der Waals surface area contributed by atoms with Crippen LogP contribution in [0.3, 0.4) is 0 Å². The second-order valence-corrected chi connectivity index (χ2v) is 5.80. The largest absolute Gasteiger partial charge is 0.349 e. The lowest BCUT2D eigenvalue weighted by Gasteiger charge is -2.10. The number of nitrogens with zero attached hydrogens (tertiary/aromatic N) is 2. The number of amides is 1. The topological polar surface area (TPSA) is 66.9 Å². The Morgan fingerprint density at radius 3 is 2.32 bits per heavy atom. The SMILES string of the molecule is CC(C)NC(=O)c1ccnc(Nc2ccc(C(C)C)cc2)n1. The summed E-state index contributed by atoms with van der Waals surface area (Å²) in [6.45, 7) is 8.13. The number of aromatic nitrogens is 2. The molecule has 2 aromatic rings. The zero-order valence-corrected chi connectivity index (χ0v) is 13.4. The van der Waals surface area contributed by atoms with Crippen LogP contribution in [0.2, 0.25) is 0 Å². The van der Waals surface area contributed by atoms with E-state index in [1.54, 1.807) is 12.3 Å². The van der Waals surface area contributed by atoms with E-state index in [1.807, 2.05) is 26.0 Å². The summed E-state index contributed by atoms with van der Waals surface area (Å²) in [6.07, 6.45) is 1.58. The first kappa shape index (κ1) is 15.9. The van der Waals surface area contributed by atoms with Crippen molar-refractivity contribution in [3.05, 3.63) is 47.8 Å². The van der Waals surface area contributed by atoms with Gasteiger partial charge in [-0.15, -0.1) is 0 Å². The van der Waals surface area contributed by atoms with Crippen LogP contribution in [0.5, 0.6) is 0 Å². The molecule has 1 heterocycles. The van der Waals surface area contributed by atoms with Crippen molar-refractivity contribution in [2.75, 3.05) is 5.32 Å². The maximum atomic E-state index is 12.0. The molecule has 0 saturated carbocycles. The summed E-state index contributed by atoms with van der Waals surface area (Å²) in [5, 5.41) is 5.93. The molecule has 0 radical (unpaired) electrons. The third-order valence-corrected chi connectivity index (χ3v) is 3.14.